The predicted octanol–water partition coefficient (Wildman–Crippen LogP) is 7.77. The molecule has 5 aliphatic carbocycles. The molecule has 0 saturated heterocycles. The van der Waals surface area contributed by atoms with Gasteiger partial charge in [0.1, 0.15) is 0 Å². The third-order valence-corrected chi connectivity index (χ3v) is 14.9. The number of hydrogen-bond acceptors (Lipinski definition) is 3. The van der Waals surface area contributed by atoms with Crippen LogP contribution >= 0.6 is 0 Å². The molecule has 1 amide bonds. The average Bonchev–Trinajstić information content (AvgIpc) is 3.30. The van der Waals surface area contributed by atoms with E-state index in [0.717, 1.165) is 51.4 Å². The summed E-state index contributed by atoms with van der Waals surface area (Å²) in [6.07, 6.45) is 13.5. The Bertz CT molecular complexity index is 1050. The number of allylic oxidation sites excluding steroid dienone is 1. The van der Waals surface area contributed by atoms with E-state index in [2.05, 4.69) is 53.4 Å². The van der Waals surface area contributed by atoms with Gasteiger partial charge in [0, 0.05) is 13.0 Å². The Kier molecular flexibility index (Phi) is 8.08. The molecule has 0 aromatic carbocycles. The van der Waals surface area contributed by atoms with Crippen molar-refractivity contribution < 1.29 is 19.8 Å². The summed E-state index contributed by atoms with van der Waals surface area (Å²) in [4.78, 5) is 25.0. The van der Waals surface area contributed by atoms with Gasteiger partial charge >= 0.3 is 5.97 Å². The Hall–Kier alpha value is -1.36. The Morgan fingerprint density at radius 1 is 0.829 bits per heavy atom. The van der Waals surface area contributed by atoms with Gasteiger partial charge in [0.25, 0.3) is 0 Å². The lowest BCUT2D eigenvalue weighted by atomic mass is 9.32. The Balaban J connectivity index is 1.40. The summed E-state index contributed by atoms with van der Waals surface area (Å²) in [6, 6.07) is 0. The van der Waals surface area contributed by atoms with Crippen LogP contribution < -0.4 is 5.32 Å². The number of hydrogen-bond donors (Lipinski definition) is 3. The molecule has 5 saturated carbocycles. The van der Waals surface area contributed by atoms with Crippen LogP contribution in [-0.2, 0) is 9.59 Å². The number of carboxylic acids is 1. The third-order valence-electron chi connectivity index (χ3n) is 14.9. The molecule has 5 fully saturated rings. The summed E-state index contributed by atoms with van der Waals surface area (Å²) < 4.78 is 0. The number of carbonyl (C=O) groups excluding carboxylic acids is 1. The van der Waals surface area contributed by atoms with Crippen molar-refractivity contribution >= 4 is 11.9 Å². The maximum atomic E-state index is 14.1. The molecule has 10 atom stereocenters. The molecule has 0 radical (unpaired) electrons. The van der Waals surface area contributed by atoms with Crippen molar-refractivity contribution in [3.63, 3.8) is 0 Å². The highest BCUT2D eigenvalue weighted by molar-refractivity contribution is 5.83. The zero-order valence-corrected chi connectivity index (χ0v) is 27.0. The van der Waals surface area contributed by atoms with Gasteiger partial charge < -0.3 is 15.5 Å². The van der Waals surface area contributed by atoms with Crippen LogP contribution in [0.5, 0.6) is 0 Å². The van der Waals surface area contributed by atoms with Gasteiger partial charge in [-0.1, -0.05) is 53.2 Å². The van der Waals surface area contributed by atoms with Crippen molar-refractivity contribution in [1.29, 1.82) is 0 Å². The molecule has 0 aromatic rings. The molecular weight excluding hydrogens is 510 g/mol. The summed E-state index contributed by atoms with van der Waals surface area (Å²) in [5, 5.41) is 23.3. The van der Waals surface area contributed by atoms with Crippen LogP contribution in [0.2, 0.25) is 0 Å². The molecule has 5 nitrogen and oxygen atoms in total. The van der Waals surface area contributed by atoms with Gasteiger partial charge in [-0.2, -0.15) is 0 Å². The van der Waals surface area contributed by atoms with Gasteiger partial charge in [0.2, 0.25) is 5.91 Å². The number of carboxylic acid groups (broad SMARTS) is 1. The van der Waals surface area contributed by atoms with E-state index < -0.39 is 5.97 Å². The minimum atomic E-state index is -0.742. The number of nitrogens with one attached hydrogen (secondary N) is 1. The first-order valence-corrected chi connectivity index (χ1v) is 17.0. The largest absolute Gasteiger partial charge is 0.481 e. The van der Waals surface area contributed by atoms with Crippen molar-refractivity contribution in [2.24, 2.45) is 56.7 Å². The van der Waals surface area contributed by atoms with Crippen LogP contribution in [0.3, 0.4) is 0 Å². The fraction of sp³-hybridized carbons (Fsp3) is 0.889. The summed E-state index contributed by atoms with van der Waals surface area (Å²) in [7, 11) is 0. The van der Waals surface area contributed by atoms with E-state index in [0.29, 0.717) is 42.6 Å². The molecule has 0 bridgehead atoms. The quantitative estimate of drug-likeness (QED) is 0.206. The smallest absolute Gasteiger partial charge is 0.303 e. The molecule has 1 unspecified atom stereocenters. The molecule has 0 heterocycles. The van der Waals surface area contributed by atoms with E-state index >= 15 is 0 Å². The second kappa shape index (κ2) is 10.7. The lowest BCUT2D eigenvalue weighted by Crippen LogP contribution is -2.67. The van der Waals surface area contributed by atoms with Crippen molar-refractivity contribution in [2.75, 3.05) is 6.54 Å². The molecule has 0 spiro atoms. The van der Waals surface area contributed by atoms with Crippen LogP contribution in [0, 0.1) is 56.7 Å². The van der Waals surface area contributed by atoms with Gasteiger partial charge in [-0.05, 0) is 135 Å². The maximum absolute atomic E-state index is 14.1. The normalized spacial score (nSPS) is 46.4. The Morgan fingerprint density at radius 3 is 2.24 bits per heavy atom. The minimum absolute atomic E-state index is 0.0317. The van der Waals surface area contributed by atoms with Crippen LogP contribution in [-0.4, -0.2) is 34.7 Å². The van der Waals surface area contributed by atoms with Crippen molar-refractivity contribution in [2.45, 2.75) is 138 Å². The fourth-order valence-corrected chi connectivity index (χ4v) is 12.5. The van der Waals surface area contributed by atoms with Gasteiger partial charge in [-0.3, -0.25) is 9.59 Å². The first-order valence-electron chi connectivity index (χ1n) is 17.0. The number of rotatable bonds is 8. The van der Waals surface area contributed by atoms with Crippen LogP contribution in [0.1, 0.15) is 131 Å². The first kappa shape index (κ1) is 31.1. The molecule has 3 N–H and O–H groups in total. The van der Waals surface area contributed by atoms with E-state index in [1.807, 2.05) is 0 Å². The van der Waals surface area contributed by atoms with Gasteiger partial charge in [0.15, 0.2) is 0 Å². The van der Waals surface area contributed by atoms with E-state index in [1.165, 1.54) is 31.3 Å². The number of carbonyl (C=O) groups is 2. The number of unbranched alkanes of at least 4 members (excludes halogenated alkanes) is 2. The number of aliphatic carboxylic acids is 1. The second-order valence-electron chi connectivity index (χ2n) is 16.7. The second-order valence-corrected chi connectivity index (χ2v) is 16.7. The van der Waals surface area contributed by atoms with Gasteiger partial charge in [0.05, 0.1) is 11.5 Å². The zero-order chi connectivity index (χ0) is 30.0. The van der Waals surface area contributed by atoms with Crippen molar-refractivity contribution in [3.8, 4) is 0 Å². The third kappa shape index (κ3) is 4.56. The van der Waals surface area contributed by atoms with Crippen molar-refractivity contribution in [1.82, 2.24) is 5.32 Å². The highest BCUT2D eigenvalue weighted by Gasteiger charge is 2.71. The average molecular weight is 570 g/mol. The Labute approximate surface area is 249 Å². The molecule has 0 aromatic heterocycles. The molecule has 0 aliphatic heterocycles. The van der Waals surface area contributed by atoms with Crippen molar-refractivity contribution in [3.05, 3.63) is 12.2 Å². The number of amides is 1. The molecule has 5 rings (SSSR count). The van der Waals surface area contributed by atoms with E-state index in [4.69, 9.17) is 5.11 Å². The number of fused-ring (bicyclic) bond motifs is 7. The summed E-state index contributed by atoms with van der Waals surface area (Å²) in [6.45, 7) is 19.8. The highest BCUT2D eigenvalue weighted by Crippen LogP contribution is 2.77. The van der Waals surface area contributed by atoms with Gasteiger partial charge in [-0.25, -0.2) is 0 Å². The Morgan fingerprint density at radius 2 is 1.56 bits per heavy atom. The molecule has 232 valence electrons. The zero-order valence-electron chi connectivity index (χ0n) is 27.0. The monoisotopic (exact) mass is 569 g/mol. The standard InChI is InChI=1S/C36H59NO4/c1-23(2)24-14-19-36(31(41)37-22-10-8-9-11-29(39)40)21-20-34(6)25(30(24)36)12-13-27-33(5)17-16-28(38)32(3,4)26(33)15-18-35(27,34)7/h24-28,30,38H,1,8-22H2,2-7H3,(H,37,41)(H,39,40)/t24-,25+,26-,27?,28-,30+,33-,34+,35+,36-/m0/s1. The lowest BCUT2D eigenvalue weighted by Gasteiger charge is -2.72. The molecule has 41 heavy (non-hydrogen) atoms. The van der Waals surface area contributed by atoms with Crippen LogP contribution in [0.4, 0.5) is 0 Å². The number of aliphatic hydroxyl groups excluding tert-OH is 1. The highest BCUT2D eigenvalue weighted by atomic mass is 16.4. The first-order chi connectivity index (χ1) is 19.1. The van der Waals surface area contributed by atoms with E-state index in [9.17, 15) is 14.7 Å². The lowest BCUT2D eigenvalue weighted by molar-refractivity contribution is -0.246. The summed E-state index contributed by atoms with van der Waals surface area (Å²) in [5.41, 5.74) is 1.64. The summed E-state index contributed by atoms with van der Waals surface area (Å²) >= 11 is 0. The molecule has 5 heteroatoms. The maximum Gasteiger partial charge on any atom is 0.303 e. The number of aliphatic hydroxyl groups is 1. The summed E-state index contributed by atoms with van der Waals surface area (Å²) in [5.74, 6) is 2.06. The molecular formula is C36H59NO4. The fourth-order valence-electron chi connectivity index (χ4n) is 12.5. The van der Waals surface area contributed by atoms with E-state index in [-0.39, 0.29) is 45.5 Å². The minimum Gasteiger partial charge on any atom is -0.481 e. The van der Waals surface area contributed by atoms with Crippen LogP contribution in [0.25, 0.3) is 0 Å². The van der Waals surface area contributed by atoms with Crippen LogP contribution in [0.15, 0.2) is 12.2 Å². The van der Waals surface area contributed by atoms with Gasteiger partial charge in [-0.15, -0.1) is 0 Å². The predicted molar refractivity (Wildman–Crippen MR) is 164 cm³/mol. The SMILES string of the molecule is C=C(C)[C@@H]1CC[C@]2(C(=O)NCCCCCC(=O)O)CC[C@]3(C)[C@H](CCC4[C@@]5(C)CC[C@H](O)C(C)(C)[C@@H]5CC[C@]43C)[C@@H]12. The topological polar surface area (TPSA) is 86.6 Å². The van der Waals surface area contributed by atoms with E-state index in [1.54, 1.807) is 0 Å². The molecule has 5 aliphatic rings.